The minimum absolute atomic E-state index is 0.114. The normalized spacial score (nSPS) is 16.6. The number of halogens is 4. The molecule has 0 saturated carbocycles. The molecule has 3 aromatic heterocycles. The van der Waals surface area contributed by atoms with E-state index in [0.717, 1.165) is 25.1 Å². The molecule has 0 spiro atoms. The third-order valence-electron chi connectivity index (χ3n) is 6.13. The summed E-state index contributed by atoms with van der Waals surface area (Å²) in [7, 11) is 3.59. The first kappa shape index (κ1) is 26.5. The number of likely N-dealkylation sites (tertiary alicyclic amines) is 1. The van der Waals surface area contributed by atoms with E-state index < -0.39 is 11.7 Å². The summed E-state index contributed by atoms with van der Waals surface area (Å²) in [5, 5.41) is 3.12. The molecule has 1 aromatic carbocycles. The zero-order valence-electron chi connectivity index (χ0n) is 20.9. The van der Waals surface area contributed by atoms with Crippen molar-refractivity contribution >= 4 is 40.2 Å². The van der Waals surface area contributed by atoms with Gasteiger partial charge < -0.3 is 30.0 Å². The number of pyridine rings is 1. The number of hydrogen-bond donors (Lipinski definition) is 2. The molecule has 14 heteroatoms. The summed E-state index contributed by atoms with van der Waals surface area (Å²) < 4.78 is 54.4. The second-order valence-electron chi connectivity index (χ2n) is 8.99. The van der Waals surface area contributed by atoms with Crippen LogP contribution in [0.3, 0.4) is 0 Å². The number of nitrogens with one attached hydrogen (secondary N) is 1. The Morgan fingerprint density at radius 3 is 2.67 bits per heavy atom. The zero-order valence-corrected chi connectivity index (χ0v) is 21.7. The van der Waals surface area contributed by atoms with Gasteiger partial charge in [-0.2, -0.15) is 18.2 Å². The fraction of sp³-hybridized carbons (Fsp3) is 0.280. The standard InChI is InChI=1S/C25H24ClF3N8O2/c1-36-6-3-16(13-36)38-17-8-14(25(27,28)29)7-15(9-17)34-24-35-23-22(37(24)2)21(26)20(12-33-23)39-19(10-30)18-11-31-4-5-32-18/h4-5,7-12,16H,3,6,13,30H2,1-2H3,(H,33,34,35)/t16-/m1/s1. The topological polar surface area (TPSA) is 116 Å². The molecule has 3 N–H and O–H groups in total. The summed E-state index contributed by atoms with van der Waals surface area (Å²) in [6.07, 6.45) is 3.03. The molecule has 4 aromatic rings. The number of anilines is 2. The lowest BCUT2D eigenvalue weighted by Crippen LogP contribution is -2.21. The number of benzene rings is 1. The summed E-state index contributed by atoms with van der Waals surface area (Å²) in [4.78, 5) is 18.9. The molecule has 1 aliphatic rings. The highest BCUT2D eigenvalue weighted by atomic mass is 35.5. The van der Waals surface area contributed by atoms with E-state index in [9.17, 15) is 13.2 Å². The highest BCUT2D eigenvalue weighted by Gasteiger charge is 2.32. The van der Waals surface area contributed by atoms with Crippen LogP contribution in [0.2, 0.25) is 5.02 Å². The molecule has 0 unspecified atom stereocenters. The van der Waals surface area contributed by atoms with Gasteiger partial charge in [0.25, 0.3) is 0 Å². The average Bonchev–Trinajstić information content (AvgIpc) is 3.45. The summed E-state index contributed by atoms with van der Waals surface area (Å²) >= 11 is 6.64. The van der Waals surface area contributed by atoms with Crippen molar-refractivity contribution in [2.24, 2.45) is 12.8 Å². The van der Waals surface area contributed by atoms with Crippen LogP contribution < -0.4 is 20.5 Å². The van der Waals surface area contributed by atoms with Gasteiger partial charge in [0.05, 0.1) is 18.0 Å². The summed E-state index contributed by atoms with van der Waals surface area (Å²) in [5.41, 5.74) is 6.05. The third kappa shape index (κ3) is 5.68. The first-order valence-corrected chi connectivity index (χ1v) is 12.2. The molecule has 0 amide bonds. The molecule has 4 heterocycles. The van der Waals surface area contributed by atoms with E-state index in [1.165, 1.54) is 37.1 Å². The number of rotatable bonds is 7. The first-order chi connectivity index (χ1) is 18.6. The van der Waals surface area contributed by atoms with E-state index in [1.807, 2.05) is 7.05 Å². The Hall–Kier alpha value is -4.10. The van der Waals surface area contributed by atoms with Crippen LogP contribution in [0.5, 0.6) is 11.5 Å². The Morgan fingerprint density at radius 1 is 1.18 bits per heavy atom. The lowest BCUT2D eigenvalue weighted by Gasteiger charge is -2.17. The number of nitrogens with two attached hydrogens (primary N) is 1. The van der Waals surface area contributed by atoms with Crippen molar-refractivity contribution in [2.75, 3.05) is 25.5 Å². The molecule has 1 aliphatic heterocycles. The molecule has 0 aliphatic carbocycles. The van der Waals surface area contributed by atoms with Gasteiger partial charge in [-0.3, -0.25) is 4.98 Å². The predicted octanol–water partition coefficient (Wildman–Crippen LogP) is 4.59. The van der Waals surface area contributed by atoms with Gasteiger partial charge in [0, 0.05) is 50.5 Å². The van der Waals surface area contributed by atoms with E-state index in [4.69, 9.17) is 26.8 Å². The molecule has 1 fully saturated rings. The molecular weight excluding hydrogens is 537 g/mol. The van der Waals surface area contributed by atoms with E-state index in [1.54, 1.807) is 11.6 Å². The third-order valence-corrected chi connectivity index (χ3v) is 6.50. The predicted molar refractivity (Wildman–Crippen MR) is 140 cm³/mol. The maximum Gasteiger partial charge on any atom is 0.416 e. The second-order valence-corrected chi connectivity index (χ2v) is 9.36. The van der Waals surface area contributed by atoms with E-state index >= 15 is 0 Å². The summed E-state index contributed by atoms with van der Waals surface area (Å²) in [6, 6.07) is 3.51. The zero-order chi connectivity index (χ0) is 27.7. The van der Waals surface area contributed by atoms with Gasteiger partial charge in [0.15, 0.2) is 17.2 Å². The monoisotopic (exact) mass is 560 g/mol. The van der Waals surface area contributed by atoms with Crippen LogP contribution in [0.25, 0.3) is 16.9 Å². The lowest BCUT2D eigenvalue weighted by atomic mass is 10.1. The number of aromatic nitrogens is 5. The van der Waals surface area contributed by atoms with Crippen LogP contribution in [0.15, 0.2) is 49.2 Å². The van der Waals surface area contributed by atoms with Crippen molar-refractivity contribution < 1.29 is 22.6 Å². The number of alkyl halides is 3. The van der Waals surface area contributed by atoms with Crippen LogP contribution in [0.4, 0.5) is 24.8 Å². The van der Waals surface area contributed by atoms with Crippen LogP contribution in [0, 0.1) is 0 Å². The van der Waals surface area contributed by atoms with Crippen molar-refractivity contribution in [1.82, 2.24) is 29.4 Å². The molecular formula is C25H24ClF3N8O2. The van der Waals surface area contributed by atoms with Gasteiger partial charge >= 0.3 is 6.18 Å². The number of nitrogens with zero attached hydrogens (tertiary/aromatic N) is 6. The van der Waals surface area contributed by atoms with Crippen LogP contribution in [0.1, 0.15) is 17.7 Å². The maximum absolute atomic E-state index is 13.7. The van der Waals surface area contributed by atoms with Gasteiger partial charge in [-0.1, -0.05) is 11.6 Å². The highest BCUT2D eigenvalue weighted by molar-refractivity contribution is 6.36. The number of fused-ring (bicyclic) bond motifs is 1. The Morgan fingerprint density at radius 2 is 2.00 bits per heavy atom. The number of aryl methyl sites for hydroxylation is 1. The van der Waals surface area contributed by atoms with Crippen LogP contribution in [-0.2, 0) is 13.2 Å². The minimum atomic E-state index is -4.57. The van der Waals surface area contributed by atoms with Gasteiger partial charge in [-0.15, -0.1) is 0 Å². The largest absolute Gasteiger partial charge is 0.489 e. The van der Waals surface area contributed by atoms with Crippen molar-refractivity contribution in [3.63, 3.8) is 0 Å². The Bertz CT molecular complexity index is 1530. The van der Waals surface area contributed by atoms with E-state index in [-0.39, 0.29) is 45.7 Å². The molecule has 1 atom stereocenters. The fourth-order valence-electron chi connectivity index (χ4n) is 4.23. The fourth-order valence-corrected chi connectivity index (χ4v) is 4.53. The van der Waals surface area contributed by atoms with Crippen LogP contribution in [-0.4, -0.2) is 55.6 Å². The smallest absolute Gasteiger partial charge is 0.416 e. The average molecular weight is 561 g/mol. The SMILES string of the molecule is CN1CC[C@@H](Oc2cc(Nc3nc4ncc(OC(=CN)c5cnccn5)c(Cl)c4n3C)cc(C(F)(F)F)c2)C1. The molecule has 1 saturated heterocycles. The quantitative estimate of drug-likeness (QED) is 0.313. The number of imidazole rings is 1. The summed E-state index contributed by atoms with van der Waals surface area (Å²) in [6.45, 7) is 1.45. The van der Waals surface area contributed by atoms with Gasteiger partial charge in [-0.05, 0) is 25.6 Å². The minimum Gasteiger partial charge on any atom is -0.489 e. The van der Waals surface area contributed by atoms with Gasteiger partial charge in [-0.25, -0.2) is 9.97 Å². The number of ether oxygens (including phenoxy) is 2. The molecule has 5 rings (SSSR count). The van der Waals surface area contributed by atoms with Crippen molar-refractivity contribution in [1.29, 1.82) is 0 Å². The molecule has 10 nitrogen and oxygen atoms in total. The first-order valence-electron chi connectivity index (χ1n) is 11.8. The van der Waals surface area contributed by atoms with Gasteiger partial charge in [0.1, 0.15) is 28.1 Å². The summed E-state index contributed by atoms with van der Waals surface area (Å²) in [5.74, 6) is 0.711. The highest BCUT2D eigenvalue weighted by Crippen LogP contribution is 2.38. The maximum atomic E-state index is 13.7. The molecule has 204 valence electrons. The molecule has 0 radical (unpaired) electrons. The van der Waals surface area contributed by atoms with Gasteiger partial charge in [0.2, 0.25) is 5.95 Å². The van der Waals surface area contributed by atoms with E-state index in [2.05, 4.69) is 30.2 Å². The van der Waals surface area contributed by atoms with Crippen molar-refractivity contribution in [3.8, 4) is 11.5 Å². The van der Waals surface area contributed by atoms with E-state index in [0.29, 0.717) is 17.8 Å². The van der Waals surface area contributed by atoms with Crippen LogP contribution >= 0.6 is 11.6 Å². The Labute approximate surface area is 226 Å². The lowest BCUT2D eigenvalue weighted by molar-refractivity contribution is -0.137. The molecule has 39 heavy (non-hydrogen) atoms. The Kier molecular flexibility index (Phi) is 7.19. The number of hydrogen-bond acceptors (Lipinski definition) is 9. The second kappa shape index (κ2) is 10.6. The van der Waals surface area contributed by atoms with Crippen molar-refractivity contribution in [3.05, 3.63) is 65.5 Å². The molecule has 0 bridgehead atoms. The van der Waals surface area contributed by atoms with Crippen molar-refractivity contribution in [2.45, 2.75) is 18.7 Å². The number of likely N-dealkylation sites (N-methyl/N-ethyl adjacent to an activating group) is 1. The Balaban J connectivity index is 1.45.